The van der Waals surface area contributed by atoms with E-state index in [-0.39, 0.29) is 0 Å². The average Bonchev–Trinajstić information content (AvgIpc) is 2.73. The Morgan fingerprint density at radius 2 is 2.10 bits per heavy atom. The van der Waals surface area contributed by atoms with Gasteiger partial charge in [-0.1, -0.05) is 37.2 Å². The van der Waals surface area contributed by atoms with Crippen molar-refractivity contribution in [2.24, 2.45) is 0 Å². The molecule has 1 heterocycles. The van der Waals surface area contributed by atoms with Crippen molar-refractivity contribution in [1.82, 2.24) is 9.78 Å². The van der Waals surface area contributed by atoms with E-state index in [1.165, 1.54) is 0 Å². The van der Waals surface area contributed by atoms with Crippen LogP contribution in [0, 0.1) is 19.3 Å². The first-order chi connectivity index (χ1) is 9.83. The van der Waals surface area contributed by atoms with Crippen molar-refractivity contribution in [3.8, 4) is 12.3 Å². The number of nitrogens with zero attached hydrogens (tertiary/aromatic N) is 2. The lowest BCUT2D eigenvalue weighted by Gasteiger charge is -2.15. The van der Waals surface area contributed by atoms with Crippen LogP contribution in [0.3, 0.4) is 0 Å². The third-order valence-electron chi connectivity index (χ3n) is 3.38. The summed E-state index contributed by atoms with van der Waals surface area (Å²) < 4.78 is 7.57. The second-order valence-electron chi connectivity index (χ2n) is 6.40. The molecule has 112 valence electrons. The zero-order chi connectivity index (χ0) is 15.6. The maximum Gasteiger partial charge on any atom is 0.140 e. The minimum absolute atomic E-state index is 0.405. The number of aromatic nitrogens is 2. The van der Waals surface area contributed by atoms with Crippen molar-refractivity contribution < 1.29 is 4.74 Å². The fourth-order valence-electron chi connectivity index (χ4n) is 2.21. The van der Waals surface area contributed by atoms with Crippen LogP contribution in [0.15, 0.2) is 12.1 Å². The van der Waals surface area contributed by atoms with Gasteiger partial charge in [-0.3, -0.25) is 0 Å². The number of hydrogen-bond donors (Lipinski definition) is 0. The quantitative estimate of drug-likeness (QED) is 0.467. The van der Waals surface area contributed by atoms with E-state index >= 15 is 0 Å². The lowest BCUT2D eigenvalue weighted by molar-refractivity contribution is 0.0815. The molecule has 0 N–H and O–H groups in total. The molecular weight excluding hydrogens is 300 g/mol. The standard InChI is InChI=1S/C16H21ClN2OSi/c1-6-13-7-8-14(17)16-15(13)12(2)18-19(16)11-20-9-10-21(3,4)5/h1,7-8H,9-11H2,2-5H3. The van der Waals surface area contributed by atoms with Gasteiger partial charge >= 0.3 is 0 Å². The fraction of sp³-hybridized carbons (Fsp3) is 0.438. The smallest absolute Gasteiger partial charge is 0.140 e. The summed E-state index contributed by atoms with van der Waals surface area (Å²) in [6.07, 6.45) is 5.56. The highest BCUT2D eigenvalue weighted by Crippen LogP contribution is 2.29. The van der Waals surface area contributed by atoms with Gasteiger partial charge in [0.2, 0.25) is 0 Å². The van der Waals surface area contributed by atoms with Gasteiger partial charge in [-0.15, -0.1) is 6.42 Å². The van der Waals surface area contributed by atoms with E-state index in [9.17, 15) is 0 Å². The van der Waals surface area contributed by atoms with E-state index < -0.39 is 8.07 Å². The van der Waals surface area contributed by atoms with E-state index in [0.29, 0.717) is 11.8 Å². The maximum atomic E-state index is 6.31. The Morgan fingerprint density at radius 1 is 1.38 bits per heavy atom. The van der Waals surface area contributed by atoms with Crippen LogP contribution in [-0.4, -0.2) is 24.5 Å². The number of benzene rings is 1. The number of hydrogen-bond acceptors (Lipinski definition) is 2. The van der Waals surface area contributed by atoms with Gasteiger partial charge in [-0.2, -0.15) is 5.10 Å². The second-order valence-corrected chi connectivity index (χ2v) is 12.4. The molecule has 21 heavy (non-hydrogen) atoms. The van der Waals surface area contributed by atoms with Crippen molar-refractivity contribution in [3.05, 3.63) is 28.4 Å². The molecule has 0 radical (unpaired) electrons. The van der Waals surface area contributed by atoms with Crippen molar-refractivity contribution >= 4 is 30.6 Å². The van der Waals surface area contributed by atoms with Crippen molar-refractivity contribution in [1.29, 1.82) is 0 Å². The van der Waals surface area contributed by atoms with Crippen LogP contribution in [0.2, 0.25) is 30.7 Å². The van der Waals surface area contributed by atoms with Crippen LogP contribution in [0.1, 0.15) is 11.3 Å². The molecule has 0 spiro atoms. The zero-order valence-corrected chi connectivity index (χ0v) is 14.8. The summed E-state index contributed by atoms with van der Waals surface area (Å²) in [7, 11) is -1.08. The molecule has 0 atom stereocenters. The summed E-state index contributed by atoms with van der Waals surface area (Å²) in [5, 5.41) is 6.11. The third-order valence-corrected chi connectivity index (χ3v) is 5.39. The average molecular weight is 321 g/mol. The molecule has 0 saturated carbocycles. The zero-order valence-electron chi connectivity index (χ0n) is 13.0. The van der Waals surface area contributed by atoms with Gasteiger partial charge in [0, 0.05) is 25.6 Å². The first-order valence-corrected chi connectivity index (χ1v) is 11.1. The predicted molar refractivity (Wildman–Crippen MR) is 91.5 cm³/mol. The number of ether oxygens (including phenoxy) is 1. The highest BCUT2D eigenvalue weighted by Gasteiger charge is 2.15. The van der Waals surface area contributed by atoms with E-state index in [1.807, 2.05) is 19.1 Å². The van der Waals surface area contributed by atoms with Gasteiger partial charge < -0.3 is 4.74 Å². The monoisotopic (exact) mass is 320 g/mol. The summed E-state index contributed by atoms with van der Waals surface area (Å²) >= 11 is 6.31. The molecule has 0 aliphatic heterocycles. The number of rotatable bonds is 5. The second kappa shape index (κ2) is 6.23. The molecule has 5 heteroatoms. The Morgan fingerprint density at radius 3 is 2.71 bits per heavy atom. The molecule has 0 aliphatic carbocycles. The lowest BCUT2D eigenvalue weighted by Crippen LogP contribution is -2.22. The van der Waals surface area contributed by atoms with Crippen LogP contribution in [0.4, 0.5) is 0 Å². The molecular formula is C16H21ClN2OSi. The molecule has 2 rings (SSSR count). The molecule has 0 fully saturated rings. The van der Waals surface area contributed by atoms with Crippen LogP contribution in [0.25, 0.3) is 10.9 Å². The Bertz CT molecular complexity index is 695. The Kier molecular flexibility index (Phi) is 4.77. The predicted octanol–water partition coefficient (Wildman–Crippen LogP) is 4.29. The number of halogens is 1. The largest absolute Gasteiger partial charge is 0.360 e. The summed E-state index contributed by atoms with van der Waals surface area (Å²) in [5.41, 5.74) is 2.56. The molecule has 3 nitrogen and oxygen atoms in total. The normalized spacial score (nSPS) is 11.8. The highest BCUT2D eigenvalue weighted by atomic mass is 35.5. The summed E-state index contributed by atoms with van der Waals surface area (Å²) in [5.74, 6) is 2.69. The first kappa shape index (κ1) is 16.1. The molecule has 1 aromatic carbocycles. The summed E-state index contributed by atoms with van der Waals surface area (Å²) in [4.78, 5) is 0. The van der Waals surface area contributed by atoms with Crippen LogP contribution >= 0.6 is 11.6 Å². The maximum absolute atomic E-state index is 6.31. The topological polar surface area (TPSA) is 27.1 Å². The van der Waals surface area contributed by atoms with E-state index in [2.05, 4.69) is 30.7 Å². The van der Waals surface area contributed by atoms with Crippen LogP contribution < -0.4 is 0 Å². The lowest BCUT2D eigenvalue weighted by atomic mass is 10.1. The van der Waals surface area contributed by atoms with Gasteiger partial charge in [0.05, 0.1) is 16.2 Å². The molecule has 1 aromatic heterocycles. The first-order valence-electron chi connectivity index (χ1n) is 7.03. The number of aryl methyl sites for hydroxylation is 1. The SMILES string of the molecule is C#Cc1ccc(Cl)c2c1c(C)nn2COCC[Si](C)(C)C. The van der Waals surface area contributed by atoms with Crippen LogP contribution in [-0.2, 0) is 11.5 Å². The minimum atomic E-state index is -1.08. The molecule has 0 saturated heterocycles. The van der Waals surface area contributed by atoms with Gasteiger partial charge in [0.15, 0.2) is 0 Å². The molecule has 0 unspecified atom stereocenters. The van der Waals surface area contributed by atoms with E-state index in [1.54, 1.807) is 4.68 Å². The van der Waals surface area contributed by atoms with E-state index in [0.717, 1.165) is 34.8 Å². The van der Waals surface area contributed by atoms with Crippen LogP contribution in [0.5, 0.6) is 0 Å². The van der Waals surface area contributed by atoms with Crippen molar-refractivity contribution in [3.63, 3.8) is 0 Å². The van der Waals surface area contributed by atoms with Gasteiger partial charge in [-0.25, -0.2) is 4.68 Å². The molecule has 2 aromatic rings. The van der Waals surface area contributed by atoms with Crippen molar-refractivity contribution in [2.45, 2.75) is 39.3 Å². The summed E-state index contributed by atoms with van der Waals surface area (Å²) in [6.45, 7) is 10.1. The molecule has 0 bridgehead atoms. The molecule has 0 aliphatic rings. The number of fused-ring (bicyclic) bond motifs is 1. The number of terminal acetylenes is 1. The highest BCUT2D eigenvalue weighted by molar-refractivity contribution is 6.76. The Hall–Kier alpha value is -1.28. The van der Waals surface area contributed by atoms with E-state index in [4.69, 9.17) is 22.8 Å². The summed E-state index contributed by atoms with van der Waals surface area (Å²) in [6, 6.07) is 4.81. The Balaban J connectivity index is 2.24. The Labute approximate surface area is 132 Å². The molecule has 0 amide bonds. The minimum Gasteiger partial charge on any atom is -0.360 e. The fourth-order valence-corrected chi connectivity index (χ4v) is 3.22. The van der Waals surface area contributed by atoms with Gasteiger partial charge in [-0.05, 0) is 25.1 Å². The van der Waals surface area contributed by atoms with Crippen molar-refractivity contribution in [2.75, 3.05) is 6.61 Å². The van der Waals surface area contributed by atoms with Gasteiger partial charge in [0.1, 0.15) is 6.73 Å². The third kappa shape index (κ3) is 3.68. The van der Waals surface area contributed by atoms with Gasteiger partial charge in [0.25, 0.3) is 0 Å².